The summed E-state index contributed by atoms with van der Waals surface area (Å²) in [5.41, 5.74) is 0.407. The van der Waals surface area contributed by atoms with E-state index >= 15 is 0 Å². The Hall–Kier alpha value is -2.46. The van der Waals surface area contributed by atoms with E-state index in [4.69, 9.17) is 0 Å². The molecule has 10 heteroatoms. The number of phenolic OH excluding ortho intramolecular Hbond substituents is 1. The first-order chi connectivity index (χ1) is 12.7. The third kappa shape index (κ3) is 4.33. The van der Waals surface area contributed by atoms with Gasteiger partial charge in [0.15, 0.2) is 5.75 Å². The van der Waals surface area contributed by atoms with Crippen molar-refractivity contribution >= 4 is 39.0 Å². The van der Waals surface area contributed by atoms with Gasteiger partial charge in [0.1, 0.15) is 22.2 Å². The molecule has 0 atom stereocenters. The van der Waals surface area contributed by atoms with E-state index in [1.807, 2.05) is 6.92 Å². The first kappa shape index (κ1) is 21.8. The van der Waals surface area contributed by atoms with Gasteiger partial charge >= 0.3 is 5.97 Å². The summed E-state index contributed by atoms with van der Waals surface area (Å²) in [5.74, 6) is -1.62. The number of aromatic carboxylic acids is 1. The van der Waals surface area contributed by atoms with Crippen molar-refractivity contribution < 1.29 is 45.7 Å². The maximum Gasteiger partial charge on any atom is 0.337 e. The molecular weight excluding hydrogens is 436 g/mol. The van der Waals surface area contributed by atoms with Gasteiger partial charge in [0.2, 0.25) is 0 Å². The smallest absolute Gasteiger partial charge is 0.337 e. The number of benzene rings is 3. The second-order valence-corrected chi connectivity index (χ2v) is 7.32. The van der Waals surface area contributed by atoms with Gasteiger partial charge in [0, 0.05) is 22.5 Å². The molecule has 1 radical (unpaired) electrons. The number of carboxylic acids is 1. The summed E-state index contributed by atoms with van der Waals surface area (Å²) in [6.45, 7) is 1.82. The Morgan fingerprint density at radius 2 is 1.68 bits per heavy atom. The molecule has 0 unspecified atom stereocenters. The van der Waals surface area contributed by atoms with Gasteiger partial charge in [-0.15, -0.1) is 10.2 Å². The fraction of sp³-hybridized carbons (Fsp3) is 0.0556. The van der Waals surface area contributed by atoms with Gasteiger partial charge < -0.3 is 23.9 Å². The summed E-state index contributed by atoms with van der Waals surface area (Å²) in [6, 6.07) is 12.2. The van der Waals surface area contributed by atoms with Crippen LogP contribution >= 0.6 is 10.9 Å². The van der Waals surface area contributed by atoms with Gasteiger partial charge in [-0.05, 0) is 30.5 Å². The molecule has 151 valence electrons. The number of azo groups is 1. The van der Waals surface area contributed by atoms with Gasteiger partial charge in [0.25, 0.3) is 0 Å². The average molecular weight is 452 g/mol. The summed E-state index contributed by atoms with van der Waals surface area (Å²) in [7, 11) is -4.22. The second kappa shape index (κ2) is 8.27. The standard InChI is InChI=1S/C18H16N2O6S.Cu/c1-10-6-7-12-11(8-10)9-15(27(24,25)26)16(17(12)21)20-19-14-5-3-2-4-13(14)18(22)23;/h2-9,21,24-26H,1H3,(H,22,23);. The van der Waals surface area contributed by atoms with Crippen molar-refractivity contribution in [2.45, 2.75) is 11.8 Å². The minimum atomic E-state index is -4.22. The fourth-order valence-corrected chi connectivity index (χ4v) is 3.30. The molecule has 0 heterocycles. The molecule has 3 rings (SSSR count). The van der Waals surface area contributed by atoms with E-state index in [1.165, 1.54) is 24.3 Å². The Bertz CT molecular complexity index is 1080. The topological polar surface area (TPSA) is 143 Å². The normalized spacial score (nSPS) is 12.1. The molecule has 0 aliphatic rings. The Balaban J connectivity index is 0.00000280. The zero-order valence-corrected chi connectivity index (χ0v) is 16.1. The van der Waals surface area contributed by atoms with Crippen LogP contribution in [0.5, 0.6) is 5.75 Å². The van der Waals surface area contributed by atoms with Gasteiger partial charge in [0.05, 0.1) is 10.5 Å². The number of rotatable bonds is 4. The summed E-state index contributed by atoms with van der Waals surface area (Å²) < 4.78 is 29.3. The molecule has 0 aliphatic heterocycles. The van der Waals surface area contributed by atoms with Crippen LogP contribution in [-0.4, -0.2) is 29.8 Å². The molecule has 0 fully saturated rings. The van der Waals surface area contributed by atoms with Gasteiger partial charge in [-0.3, -0.25) is 0 Å². The quantitative estimate of drug-likeness (QED) is 0.260. The van der Waals surface area contributed by atoms with Crippen LogP contribution in [0.15, 0.2) is 63.7 Å². The van der Waals surface area contributed by atoms with E-state index in [0.717, 1.165) is 5.56 Å². The van der Waals surface area contributed by atoms with E-state index in [1.54, 1.807) is 24.3 Å². The first-order valence-electron chi connectivity index (χ1n) is 7.69. The monoisotopic (exact) mass is 451 g/mol. The number of fused-ring (bicyclic) bond motifs is 1. The Morgan fingerprint density at radius 3 is 2.32 bits per heavy atom. The Kier molecular flexibility index (Phi) is 6.45. The van der Waals surface area contributed by atoms with Crippen molar-refractivity contribution in [2.75, 3.05) is 0 Å². The molecule has 8 nitrogen and oxygen atoms in total. The van der Waals surface area contributed by atoms with E-state index < -0.39 is 27.5 Å². The summed E-state index contributed by atoms with van der Waals surface area (Å²) in [6.07, 6.45) is 0. The van der Waals surface area contributed by atoms with Crippen molar-refractivity contribution in [1.29, 1.82) is 0 Å². The number of carbonyl (C=O) groups is 1. The summed E-state index contributed by atoms with van der Waals surface area (Å²) in [4.78, 5) is 10.9. The zero-order chi connectivity index (χ0) is 19.8. The van der Waals surface area contributed by atoms with Crippen LogP contribution in [0.25, 0.3) is 10.8 Å². The molecule has 0 aliphatic carbocycles. The molecule has 0 aromatic heterocycles. The fourth-order valence-electron chi connectivity index (χ4n) is 2.62. The number of phenols is 1. The Morgan fingerprint density at radius 1 is 1.00 bits per heavy atom. The van der Waals surface area contributed by atoms with Crippen molar-refractivity contribution in [3.05, 3.63) is 59.7 Å². The van der Waals surface area contributed by atoms with Crippen LogP contribution in [0, 0.1) is 6.92 Å². The third-order valence-corrected chi connectivity index (χ3v) is 4.80. The largest absolute Gasteiger partial charge is 0.505 e. The van der Waals surface area contributed by atoms with Gasteiger partial charge in [-0.1, -0.05) is 35.9 Å². The van der Waals surface area contributed by atoms with Gasteiger partial charge in [-0.2, -0.15) is 0 Å². The molecule has 28 heavy (non-hydrogen) atoms. The number of hydrogen-bond donors (Lipinski definition) is 5. The van der Waals surface area contributed by atoms with Crippen molar-refractivity contribution in [3.8, 4) is 5.75 Å². The van der Waals surface area contributed by atoms with Crippen LogP contribution in [0.2, 0.25) is 0 Å². The number of aromatic hydroxyl groups is 1. The summed E-state index contributed by atoms with van der Waals surface area (Å²) >= 11 is 0. The van der Waals surface area contributed by atoms with E-state index in [0.29, 0.717) is 10.8 Å². The van der Waals surface area contributed by atoms with E-state index in [2.05, 4.69) is 10.2 Å². The number of aryl methyl sites for hydroxylation is 1. The molecule has 0 bridgehead atoms. The predicted molar refractivity (Wildman–Crippen MR) is 102 cm³/mol. The van der Waals surface area contributed by atoms with Crippen LogP contribution in [0.3, 0.4) is 0 Å². The molecular formula is C18H16CuN2O6S. The van der Waals surface area contributed by atoms with E-state index in [-0.39, 0.29) is 34.0 Å². The third-order valence-electron chi connectivity index (χ3n) is 3.89. The zero-order valence-electron chi connectivity index (χ0n) is 14.4. The number of nitrogens with zero attached hydrogens (tertiary/aromatic N) is 2. The molecule has 3 aromatic carbocycles. The average Bonchev–Trinajstić information content (AvgIpc) is 2.59. The molecule has 0 spiro atoms. The SMILES string of the molecule is Cc1ccc2c(O)c(N=Nc3ccccc3C(=O)O)c(S(O)(O)O)cc2c1.[Cu]. The first-order valence-corrected chi connectivity index (χ1v) is 9.20. The maximum atomic E-state index is 11.3. The maximum absolute atomic E-state index is 11.3. The molecule has 0 amide bonds. The predicted octanol–water partition coefficient (Wildman–Crippen LogP) is 5.55. The Labute approximate surface area is 172 Å². The number of hydrogen-bond acceptors (Lipinski definition) is 7. The minimum absolute atomic E-state index is 0. The van der Waals surface area contributed by atoms with Crippen molar-refractivity contribution in [2.24, 2.45) is 10.2 Å². The minimum Gasteiger partial charge on any atom is -0.505 e. The summed E-state index contributed by atoms with van der Waals surface area (Å²) in [5, 5.41) is 28.2. The van der Waals surface area contributed by atoms with Crippen LogP contribution in [0.1, 0.15) is 15.9 Å². The van der Waals surface area contributed by atoms with Crippen LogP contribution in [0.4, 0.5) is 11.4 Å². The molecule has 5 N–H and O–H groups in total. The molecule has 0 saturated heterocycles. The van der Waals surface area contributed by atoms with Crippen LogP contribution < -0.4 is 0 Å². The van der Waals surface area contributed by atoms with E-state index in [9.17, 15) is 28.7 Å². The second-order valence-electron chi connectivity index (χ2n) is 5.84. The van der Waals surface area contributed by atoms with Gasteiger partial charge in [-0.25, -0.2) is 4.79 Å². The number of carboxylic acid groups (broad SMARTS) is 1. The molecule has 3 aromatic rings. The van der Waals surface area contributed by atoms with Crippen molar-refractivity contribution in [1.82, 2.24) is 0 Å². The van der Waals surface area contributed by atoms with Crippen molar-refractivity contribution in [3.63, 3.8) is 0 Å². The van der Waals surface area contributed by atoms with Crippen LogP contribution in [-0.2, 0) is 17.1 Å². The molecule has 0 saturated carbocycles.